The van der Waals surface area contributed by atoms with Crippen molar-refractivity contribution in [2.45, 2.75) is 69.8 Å². The minimum Gasteiger partial charge on any atom is -0.451 e. The zero-order chi connectivity index (χ0) is 24.2. The Morgan fingerprint density at radius 1 is 0.909 bits per heavy atom. The lowest BCUT2D eigenvalue weighted by Gasteiger charge is -2.20. The molecule has 0 amide bonds. The van der Waals surface area contributed by atoms with E-state index in [1.165, 1.54) is 35.5 Å². The number of benzene rings is 2. The topological polar surface area (TPSA) is 80.8 Å². The van der Waals surface area contributed by atoms with E-state index in [2.05, 4.69) is 20.8 Å². The van der Waals surface area contributed by atoms with Crippen LogP contribution in [0.5, 0.6) is 0 Å². The van der Waals surface area contributed by atoms with Gasteiger partial charge >= 0.3 is 5.97 Å². The summed E-state index contributed by atoms with van der Waals surface area (Å²) in [6, 6.07) is 13.1. The van der Waals surface area contributed by atoms with E-state index in [1.54, 1.807) is 12.1 Å². The number of carbonyl (C=O) groups excluding carboxylic acids is 2. The van der Waals surface area contributed by atoms with E-state index in [0.717, 1.165) is 31.2 Å². The fourth-order valence-electron chi connectivity index (χ4n) is 3.87. The van der Waals surface area contributed by atoms with Crippen molar-refractivity contribution in [1.29, 1.82) is 0 Å². The molecular weight excluding hydrogens is 438 g/mol. The molecule has 3 rings (SSSR count). The van der Waals surface area contributed by atoms with Gasteiger partial charge in [0.25, 0.3) is 0 Å². The SMILES string of the molecule is C[C@H](OC(=O)c1cccc(S(=O)(=O)N2CCCCCC2)c1)C(=O)c1ccc(C(C)(C)C)cc1. The second kappa shape index (κ2) is 10.2. The number of hydrogen-bond acceptors (Lipinski definition) is 5. The van der Waals surface area contributed by atoms with Crippen molar-refractivity contribution in [1.82, 2.24) is 4.31 Å². The van der Waals surface area contributed by atoms with Crippen LogP contribution in [0.1, 0.15) is 79.7 Å². The van der Waals surface area contributed by atoms with Crippen LogP contribution >= 0.6 is 0 Å². The van der Waals surface area contributed by atoms with Crippen LogP contribution in [0, 0.1) is 0 Å². The Hall–Kier alpha value is -2.51. The van der Waals surface area contributed by atoms with E-state index in [1.807, 2.05) is 12.1 Å². The van der Waals surface area contributed by atoms with Gasteiger partial charge in [0.2, 0.25) is 15.8 Å². The summed E-state index contributed by atoms with van der Waals surface area (Å²) in [5.41, 5.74) is 1.64. The molecule has 0 aliphatic carbocycles. The molecule has 1 fully saturated rings. The third-order valence-corrected chi connectivity index (χ3v) is 7.86. The molecule has 1 aliphatic heterocycles. The van der Waals surface area contributed by atoms with E-state index in [-0.39, 0.29) is 21.7 Å². The molecule has 0 unspecified atom stereocenters. The van der Waals surface area contributed by atoms with E-state index in [4.69, 9.17) is 4.74 Å². The van der Waals surface area contributed by atoms with E-state index < -0.39 is 22.1 Å². The average molecular weight is 472 g/mol. The summed E-state index contributed by atoms with van der Waals surface area (Å²) in [5, 5.41) is 0. The normalized spacial score (nSPS) is 16.6. The number of ether oxygens (including phenoxy) is 1. The van der Waals surface area contributed by atoms with Crippen LogP contribution in [0.25, 0.3) is 0 Å². The predicted octanol–water partition coefficient (Wildman–Crippen LogP) is 4.98. The van der Waals surface area contributed by atoms with Crippen molar-refractivity contribution in [2.75, 3.05) is 13.1 Å². The maximum absolute atomic E-state index is 13.0. The molecule has 0 saturated carbocycles. The highest BCUT2D eigenvalue weighted by Gasteiger charge is 2.27. The van der Waals surface area contributed by atoms with Gasteiger partial charge in [-0.25, -0.2) is 13.2 Å². The second-order valence-electron chi connectivity index (χ2n) is 9.59. The molecule has 2 aromatic carbocycles. The smallest absolute Gasteiger partial charge is 0.338 e. The third kappa shape index (κ3) is 6.09. The van der Waals surface area contributed by atoms with Crippen molar-refractivity contribution < 1.29 is 22.7 Å². The van der Waals surface area contributed by atoms with Crippen molar-refractivity contribution in [3.63, 3.8) is 0 Å². The molecule has 0 radical (unpaired) electrons. The summed E-state index contributed by atoms with van der Waals surface area (Å²) in [5.74, 6) is -1.03. The first-order chi connectivity index (χ1) is 15.5. The number of ketones is 1. The van der Waals surface area contributed by atoms with Gasteiger partial charge in [0.15, 0.2) is 6.10 Å². The Morgan fingerprint density at radius 3 is 2.09 bits per heavy atom. The Morgan fingerprint density at radius 2 is 1.52 bits per heavy atom. The molecule has 33 heavy (non-hydrogen) atoms. The summed E-state index contributed by atoms with van der Waals surface area (Å²) in [6.07, 6.45) is 2.70. The summed E-state index contributed by atoms with van der Waals surface area (Å²) in [7, 11) is -3.69. The van der Waals surface area contributed by atoms with Crippen LogP contribution in [-0.4, -0.2) is 43.7 Å². The van der Waals surface area contributed by atoms with Crippen LogP contribution in [0.2, 0.25) is 0 Å². The number of carbonyl (C=O) groups is 2. The van der Waals surface area contributed by atoms with Crippen molar-refractivity contribution in [2.24, 2.45) is 0 Å². The highest BCUT2D eigenvalue weighted by atomic mass is 32.2. The molecule has 0 bridgehead atoms. The van der Waals surface area contributed by atoms with Crippen LogP contribution in [0.3, 0.4) is 0 Å². The molecule has 7 heteroatoms. The molecule has 178 valence electrons. The molecule has 1 atom stereocenters. The molecule has 1 heterocycles. The maximum Gasteiger partial charge on any atom is 0.338 e. The zero-order valence-electron chi connectivity index (χ0n) is 19.8. The van der Waals surface area contributed by atoms with Gasteiger partial charge in [-0.15, -0.1) is 0 Å². The van der Waals surface area contributed by atoms with E-state index in [0.29, 0.717) is 18.7 Å². The third-order valence-electron chi connectivity index (χ3n) is 5.96. The van der Waals surface area contributed by atoms with Crippen LogP contribution in [0.15, 0.2) is 53.4 Å². The number of nitrogens with zero attached hydrogens (tertiary/aromatic N) is 1. The summed E-state index contributed by atoms with van der Waals surface area (Å²) >= 11 is 0. The molecule has 0 spiro atoms. The van der Waals surface area contributed by atoms with Gasteiger partial charge in [-0.05, 0) is 48.9 Å². The minimum absolute atomic E-state index is 0.0294. The zero-order valence-corrected chi connectivity index (χ0v) is 20.7. The molecular formula is C26H33NO5S. The fraction of sp³-hybridized carbons (Fsp3) is 0.462. The second-order valence-corrected chi connectivity index (χ2v) is 11.5. The molecule has 0 aromatic heterocycles. The molecule has 1 aliphatic rings. The summed E-state index contributed by atoms with van der Waals surface area (Å²) in [6.45, 7) is 8.77. The lowest BCUT2D eigenvalue weighted by atomic mass is 9.86. The average Bonchev–Trinajstić information content (AvgIpc) is 3.08. The first-order valence-corrected chi connectivity index (χ1v) is 12.9. The lowest BCUT2D eigenvalue weighted by Crippen LogP contribution is -2.32. The molecule has 6 nitrogen and oxygen atoms in total. The standard InChI is InChI=1S/C26H33NO5S/c1-19(24(28)20-12-14-22(15-13-20)26(2,3)4)32-25(29)21-10-9-11-23(18-21)33(30,31)27-16-7-5-6-8-17-27/h9-15,18-19H,5-8,16-17H2,1-4H3/t19-/m0/s1. The first-order valence-electron chi connectivity index (χ1n) is 11.5. The Bertz CT molecular complexity index is 1090. The van der Waals surface area contributed by atoms with Crippen LogP contribution < -0.4 is 0 Å². The number of rotatable bonds is 6. The lowest BCUT2D eigenvalue weighted by molar-refractivity contribution is 0.0318. The van der Waals surface area contributed by atoms with Gasteiger partial charge < -0.3 is 4.74 Å². The molecule has 2 aromatic rings. The van der Waals surface area contributed by atoms with Gasteiger partial charge in [-0.3, -0.25) is 4.79 Å². The number of hydrogen-bond donors (Lipinski definition) is 0. The van der Waals surface area contributed by atoms with E-state index >= 15 is 0 Å². The Labute approximate surface area is 197 Å². The van der Waals surface area contributed by atoms with Gasteiger partial charge in [0, 0.05) is 18.7 Å². The number of Topliss-reactive ketones (excluding diaryl/α,β-unsaturated/α-hetero) is 1. The van der Waals surface area contributed by atoms with Crippen LogP contribution in [-0.2, 0) is 20.2 Å². The van der Waals surface area contributed by atoms with Crippen molar-refractivity contribution in [3.8, 4) is 0 Å². The Kier molecular flexibility index (Phi) is 7.75. The quantitative estimate of drug-likeness (QED) is 0.439. The molecule has 0 N–H and O–H groups in total. The summed E-state index contributed by atoms with van der Waals surface area (Å²) < 4.78 is 33.0. The Balaban J connectivity index is 1.72. The fourth-order valence-corrected chi connectivity index (χ4v) is 5.43. The monoisotopic (exact) mass is 471 g/mol. The highest BCUT2D eigenvalue weighted by molar-refractivity contribution is 7.89. The summed E-state index contributed by atoms with van der Waals surface area (Å²) in [4.78, 5) is 25.5. The minimum atomic E-state index is -3.69. The van der Waals surface area contributed by atoms with E-state index in [9.17, 15) is 18.0 Å². The van der Waals surface area contributed by atoms with Gasteiger partial charge in [0.1, 0.15) is 0 Å². The number of sulfonamides is 1. The van der Waals surface area contributed by atoms with Gasteiger partial charge in [-0.1, -0.05) is 63.9 Å². The highest BCUT2D eigenvalue weighted by Crippen LogP contribution is 2.24. The number of esters is 1. The predicted molar refractivity (Wildman–Crippen MR) is 128 cm³/mol. The van der Waals surface area contributed by atoms with Crippen molar-refractivity contribution in [3.05, 3.63) is 65.2 Å². The largest absolute Gasteiger partial charge is 0.451 e. The van der Waals surface area contributed by atoms with Crippen molar-refractivity contribution >= 4 is 21.8 Å². The molecule has 1 saturated heterocycles. The first kappa shape index (κ1) is 25.1. The van der Waals surface area contributed by atoms with Gasteiger partial charge in [-0.2, -0.15) is 4.31 Å². The van der Waals surface area contributed by atoms with Gasteiger partial charge in [0.05, 0.1) is 10.5 Å². The van der Waals surface area contributed by atoms with Crippen LogP contribution in [0.4, 0.5) is 0 Å². The maximum atomic E-state index is 13.0.